The average molecular weight is 345 g/mol. The van der Waals surface area contributed by atoms with Crippen LogP contribution in [-0.4, -0.2) is 41.4 Å². The van der Waals surface area contributed by atoms with Crippen molar-refractivity contribution >= 4 is 29.1 Å². The highest BCUT2D eigenvalue weighted by atomic mass is 32.1. The lowest BCUT2D eigenvalue weighted by atomic mass is 10.1. The van der Waals surface area contributed by atoms with Gasteiger partial charge in [-0.1, -0.05) is 12.1 Å². The Morgan fingerprint density at radius 3 is 2.29 bits per heavy atom. The number of rotatable bonds is 5. The summed E-state index contributed by atoms with van der Waals surface area (Å²) >= 11 is 1.25. The Balaban J connectivity index is 1.90. The van der Waals surface area contributed by atoms with E-state index in [1.54, 1.807) is 36.4 Å². The molecule has 7 heteroatoms. The summed E-state index contributed by atoms with van der Waals surface area (Å²) in [6, 6.07) is 9.99. The minimum atomic E-state index is -0.775. The van der Waals surface area contributed by atoms with Gasteiger partial charge in [0.25, 0.3) is 11.8 Å². The first kappa shape index (κ1) is 16.4. The number of carbonyl (C=O) groups is 3. The third kappa shape index (κ3) is 2.72. The van der Waals surface area contributed by atoms with Crippen molar-refractivity contribution in [2.24, 2.45) is 0 Å². The van der Waals surface area contributed by atoms with E-state index in [4.69, 9.17) is 4.74 Å². The molecule has 1 aromatic heterocycles. The van der Waals surface area contributed by atoms with Crippen molar-refractivity contribution < 1.29 is 24.2 Å². The van der Waals surface area contributed by atoms with E-state index in [-0.39, 0.29) is 13.2 Å². The molecule has 2 heterocycles. The number of benzene rings is 1. The maximum Gasteiger partial charge on any atom is 0.315 e. The molecule has 2 amide bonds. The fourth-order valence-electron chi connectivity index (χ4n) is 2.68. The molecule has 0 saturated heterocycles. The highest BCUT2D eigenvalue weighted by Gasteiger charge is 2.38. The van der Waals surface area contributed by atoms with Crippen LogP contribution in [0.1, 0.15) is 36.4 Å². The molecule has 1 atom stereocenters. The van der Waals surface area contributed by atoms with Crippen LogP contribution in [0, 0.1) is 0 Å². The summed E-state index contributed by atoms with van der Waals surface area (Å²) in [6.45, 7) is -0.226. The van der Waals surface area contributed by atoms with Gasteiger partial charge in [-0.3, -0.25) is 19.3 Å². The number of thiophene rings is 1. The van der Waals surface area contributed by atoms with Crippen molar-refractivity contribution in [2.45, 2.75) is 12.5 Å². The van der Waals surface area contributed by atoms with E-state index in [0.29, 0.717) is 20.9 Å². The second-order valence-corrected chi connectivity index (χ2v) is 6.50. The molecule has 0 bridgehead atoms. The molecule has 1 unspecified atom stereocenters. The van der Waals surface area contributed by atoms with E-state index in [2.05, 4.69) is 0 Å². The molecule has 1 aromatic carbocycles. The van der Waals surface area contributed by atoms with E-state index in [9.17, 15) is 19.5 Å². The van der Waals surface area contributed by atoms with Gasteiger partial charge in [0, 0.05) is 16.3 Å². The van der Waals surface area contributed by atoms with Crippen LogP contribution in [0.25, 0.3) is 0 Å². The third-order valence-electron chi connectivity index (χ3n) is 3.91. The summed E-state index contributed by atoms with van der Waals surface area (Å²) in [5.41, 5.74) is 0.682. The Morgan fingerprint density at radius 1 is 1.17 bits per heavy atom. The van der Waals surface area contributed by atoms with E-state index < -0.39 is 23.7 Å². The zero-order chi connectivity index (χ0) is 17.3. The fourth-order valence-corrected chi connectivity index (χ4v) is 3.63. The number of hydrogen-bond acceptors (Lipinski definition) is 6. The minimum Gasteiger partial charge on any atom is -0.468 e. The van der Waals surface area contributed by atoms with Gasteiger partial charge in [0.15, 0.2) is 0 Å². The van der Waals surface area contributed by atoms with Crippen molar-refractivity contribution in [2.75, 3.05) is 13.7 Å². The highest BCUT2D eigenvalue weighted by molar-refractivity contribution is 7.12. The van der Waals surface area contributed by atoms with Crippen LogP contribution >= 0.6 is 11.3 Å². The van der Waals surface area contributed by atoms with Gasteiger partial charge in [-0.15, -0.1) is 11.3 Å². The van der Waals surface area contributed by atoms with Crippen LogP contribution in [0.3, 0.4) is 0 Å². The van der Waals surface area contributed by atoms with Gasteiger partial charge in [0.2, 0.25) is 0 Å². The van der Waals surface area contributed by atoms with E-state index in [0.717, 1.165) is 4.90 Å². The molecule has 1 aliphatic heterocycles. The molecule has 6 nitrogen and oxygen atoms in total. The molecule has 2 aromatic rings. The molecule has 0 fully saturated rings. The highest BCUT2D eigenvalue weighted by Crippen LogP contribution is 2.30. The maximum absolute atomic E-state index is 12.5. The molecule has 24 heavy (non-hydrogen) atoms. The topological polar surface area (TPSA) is 83.9 Å². The Morgan fingerprint density at radius 2 is 1.79 bits per heavy atom. The van der Waals surface area contributed by atoms with Gasteiger partial charge < -0.3 is 9.84 Å². The summed E-state index contributed by atoms with van der Waals surface area (Å²) in [7, 11) is 1.26. The Hall–Kier alpha value is -2.51. The van der Waals surface area contributed by atoms with Crippen molar-refractivity contribution in [3.63, 3.8) is 0 Å². The quantitative estimate of drug-likeness (QED) is 0.660. The zero-order valence-corrected chi connectivity index (χ0v) is 13.7. The van der Waals surface area contributed by atoms with Crippen LogP contribution in [0.4, 0.5) is 0 Å². The third-order valence-corrected chi connectivity index (χ3v) is 5.09. The largest absolute Gasteiger partial charge is 0.468 e. The number of nitrogens with zero attached hydrogens (tertiary/aromatic N) is 1. The lowest BCUT2D eigenvalue weighted by Crippen LogP contribution is -2.36. The van der Waals surface area contributed by atoms with Gasteiger partial charge in [0.1, 0.15) is 5.92 Å². The van der Waals surface area contributed by atoms with Gasteiger partial charge >= 0.3 is 5.97 Å². The molecule has 1 N–H and O–H groups in total. The number of ether oxygens (including phenoxy) is 1. The predicted octanol–water partition coefficient (Wildman–Crippen LogP) is 1.79. The van der Waals surface area contributed by atoms with Crippen LogP contribution in [-0.2, 0) is 16.1 Å². The average Bonchev–Trinajstić information content (AvgIpc) is 3.17. The fraction of sp³-hybridized carbons (Fsp3) is 0.235. The van der Waals surface area contributed by atoms with E-state index in [1.165, 1.54) is 18.4 Å². The molecule has 1 aliphatic rings. The smallest absolute Gasteiger partial charge is 0.315 e. The number of fused-ring (bicyclic) bond motifs is 1. The normalized spacial score (nSPS) is 14.7. The van der Waals surface area contributed by atoms with Gasteiger partial charge in [-0.05, 0) is 24.3 Å². The van der Waals surface area contributed by atoms with E-state index >= 15 is 0 Å². The second kappa shape index (κ2) is 6.54. The van der Waals surface area contributed by atoms with Crippen LogP contribution in [0.2, 0.25) is 0 Å². The number of amides is 2. The number of imide groups is 1. The van der Waals surface area contributed by atoms with Crippen LogP contribution < -0.4 is 0 Å². The molecule has 0 aliphatic carbocycles. The molecule has 3 rings (SSSR count). The first-order valence-corrected chi connectivity index (χ1v) is 8.11. The number of carbonyl (C=O) groups excluding carboxylic acids is 3. The SMILES string of the molecule is COC(=O)C(CN1C(=O)c2ccccc2C1=O)c1ccc(CO)s1. The lowest BCUT2D eigenvalue weighted by molar-refractivity contribution is -0.142. The number of aliphatic hydroxyl groups excluding tert-OH is 1. The Bertz CT molecular complexity index is 778. The van der Waals surface area contributed by atoms with Crippen molar-refractivity contribution in [3.8, 4) is 0 Å². The summed E-state index contributed by atoms with van der Waals surface area (Å²) in [5.74, 6) is -2.13. The van der Waals surface area contributed by atoms with Crippen molar-refractivity contribution in [1.29, 1.82) is 0 Å². The standard InChI is InChI=1S/C17H15NO5S/c1-23-17(22)13(14-7-6-10(9-19)24-14)8-18-15(20)11-4-2-3-5-12(11)16(18)21/h2-7,13,19H,8-9H2,1H3. The van der Waals surface area contributed by atoms with Gasteiger partial charge in [-0.2, -0.15) is 0 Å². The molecule has 0 spiro atoms. The van der Waals surface area contributed by atoms with Crippen molar-refractivity contribution in [1.82, 2.24) is 4.90 Å². The van der Waals surface area contributed by atoms with Crippen LogP contribution in [0.15, 0.2) is 36.4 Å². The van der Waals surface area contributed by atoms with Gasteiger partial charge in [-0.25, -0.2) is 0 Å². The monoisotopic (exact) mass is 345 g/mol. The first-order chi connectivity index (χ1) is 11.6. The Kier molecular flexibility index (Phi) is 4.46. The zero-order valence-electron chi connectivity index (χ0n) is 12.9. The predicted molar refractivity (Wildman–Crippen MR) is 86.8 cm³/mol. The number of aliphatic hydroxyl groups is 1. The van der Waals surface area contributed by atoms with Gasteiger partial charge in [0.05, 0.1) is 24.8 Å². The number of hydrogen-bond donors (Lipinski definition) is 1. The minimum absolute atomic E-state index is 0.0929. The Labute approximate surface area is 142 Å². The molecule has 0 saturated carbocycles. The molecule has 0 radical (unpaired) electrons. The number of esters is 1. The first-order valence-electron chi connectivity index (χ1n) is 7.29. The maximum atomic E-state index is 12.5. The molecular formula is C17H15NO5S. The van der Waals surface area contributed by atoms with Crippen molar-refractivity contribution in [3.05, 3.63) is 57.3 Å². The second-order valence-electron chi connectivity index (χ2n) is 5.30. The molecular weight excluding hydrogens is 330 g/mol. The summed E-state index contributed by atoms with van der Waals surface area (Å²) in [4.78, 5) is 39.5. The summed E-state index contributed by atoms with van der Waals surface area (Å²) in [5, 5.41) is 9.19. The number of methoxy groups -OCH3 is 1. The molecule has 124 valence electrons. The summed E-state index contributed by atoms with van der Waals surface area (Å²) < 4.78 is 4.82. The van der Waals surface area contributed by atoms with E-state index in [1.807, 2.05) is 0 Å². The van der Waals surface area contributed by atoms with Crippen LogP contribution in [0.5, 0.6) is 0 Å². The summed E-state index contributed by atoms with van der Waals surface area (Å²) in [6.07, 6.45) is 0. The lowest BCUT2D eigenvalue weighted by Gasteiger charge is -2.20.